The third-order valence-electron chi connectivity index (χ3n) is 11.5. The van der Waals surface area contributed by atoms with E-state index in [-0.39, 0.29) is 28.5 Å². The van der Waals surface area contributed by atoms with Crippen LogP contribution < -0.4 is 15.1 Å². The minimum atomic E-state index is -0.506. The Morgan fingerprint density at radius 2 is 1.09 bits per heavy atom. The number of amides is 1. The van der Waals surface area contributed by atoms with Crippen molar-refractivity contribution in [3.63, 3.8) is 0 Å². The number of fused-ring (bicyclic) bond motifs is 2. The molecule has 4 heterocycles. The molecule has 0 fully saturated rings. The van der Waals surface area contributed by atoms with Gasteiger partial charge < -0.3 is 24.8 Å². The van der Waals surface area contributed by atoms with Crippen LogP contribution >= 0.6 is 0 Å². The van der Waals surface area contributed by atoms with E-state index in [4.69, 9.17) is 24.7 Å². The Balaban J connectivity index is 0.000000256. The summed E-state index contributed by atoms with van der Waals surface area (Å²) in [6.45, 7) is 20.4. The van der Waals surface area contributed by atoms with E-state index in [9.17, 15) is 14.4 Å². The zero-order valence-corrected chi connectivity index (χ0v) is 42.9. The number of Topliss-reactive ketones (excluding diaryl/α,β-unsaturated/α-hetero) is 2. The van der Waals surface area contributed by atoms with Gasteiger partial charge in [-0.2, -0.15) is 0 Å². The summed E-state index contributed by atoms with van der Waals surface area (Å²) in [4.78, 5) is 71.6. The number of pyridine rings is 2. The Labute approximate surface area is 400 Å². The number of anilines is 2. The molecule has 364 valence electrons. The highest BCUT2D eigenvalue weighted by Gasteiger charge is 2.27. The van der Waals surface area contributed by atoms with E-state index < -0.39 is 5.60 Å². The van der Waals surface area contributed by atoms with Crippen LogP contribution in [0.4, 0.5) is 16.4 Å². The standard InChI is InChI=1S/C29H43N5O3.C24H35N5O/c1-28(2,3)18-21(35)19-34(8)26-22-12-9-13-23(22)31-25(32-26)24-17-20(14-15-30-24)11-10-16-33(7)27(36)37-29(4,5)6;1-24(2,3)15-18(30)16-29(5)23-19-9-6-10-20(19)27-22(28-23)21-14-17(11-13-26-21)8-7-12-25-4/h14-15,17H,9-13,16,18-19H2,1-8H3;11,13-14,25H,6-10,12,15-16H2,1-5H3. The van der Waals surface area contributed by atoms with E-state index in [0.29, 0.717) is 44.1 Å². The van der Waals surface area contributed by atoms with Gasteiger partial charge in [-0.15, -0.1) is 0 Å². The molecule has 0 unspecified atom stereocenters. The first-order valence-corrected chi connectivity index (χ1v) is 24.2. The summed E-state index contributed by atoms with van der Waals surface area (Å²) < 4.78 is 5.43. The average molecular weight is 919 g/mol. The summed E-state index contributed by atoms with van der Waals surface area (Å²) >= 11 is 0. The second-order valence-electron chi connectivity index (χ2n) is 21.9. The molecule has 1 N–H and O–H groups in total. The molecule has 67 heavy (non-hydrogen) atoms. The molecular weight excluding hydrogens is 841 g/mol. The molecule has 6 rings (SSSR count). The van der Waals surface area contributed by atoms with Crippen molar-refractivity contribution in [1.29, 1.82) is 0 Å². The highest BCUT2D eigenvalue weighted by atomic mass is 16.6. The van der Waals surface area contributed by atoms with Crippen molar-refractivity contribution in [3.05, 3.63) is 70.3 Å². The molecule has 0 radical (unpaired) electrons. The summed E-state index contributed by atoms with van der Waals surface area (Å²) in [5.41, 5.74) is 7.84. The molecule has 0 bridgehead atoms. The van der Waals surface area contributed by atoms with E-state index >= 15 is 0 Å². The smallest absolute Gasteiger partial charge is 0.410 e. The second-order valence-corrected chi connectivity index (χ2v) is 21.9. The van der Waals surface area contributed by atoms with Crippen molar-refractivity contribution in [2.45, 2.75) is 145 Å². The first kappa shape index (κ1) is 52.6. The summed E-state index contributed by atoms with van der Waals surface area (Å²) in [7, 11) is 7.64. The first-order valence-electron chi connectivity index (χ1n) is 24.2. The minimum absolute atomic E-state index is 0.00560. The summed E-state index contributed by atoms with van der Waals surface area (Å²) in [6, 6.07) is 8.17. The predicted octanol–water partition coefficient (Wildman–Crippen LogP) is 8.89. The van der Waals surface area contributed by atoms with E-state index in [2.05, 4.69) is 69.0 Å². The van der Waals surface area contributed by atoms with Crippen molar-refractivity contribution in [3.8, 4) is 23.0 Å². The molecule has 1 amide bonds. The van der Waals surface area contributed by atoms with Gasteiger partial charge in [0, 0.05) is 75.4 Å². The fourth-order valence-corrected chi connectivity index (χ4v) is 8.58. The fourth-order valence-electron chi connectivity index (χ4n) is 8.58. The third-order valence-corrected chi connectivity index (χ3v) is 11.5. The highest BCUT2D eigenvalue weighted by Crippen LogP contribution is 2.33. The van der Waals surface area contributed by atoms with Crippen LogP contribution in [-0.4, -0.2) is 112 Å². The van der Waals surface area contributed by atoms with Gasteiger partial charge in [0.25, 0.3) is 0 Å². The van der Waals surface area contributed by atoms with E-state index in [1.54, 1.807) is 18.1 Å². The van der Waals surface area contributed by atoms with Crippen LogP contribution in [0.25, 0.3) is 23.0 Å². The van der Waals surface area contributed by atoms with Crippen LogP contribution in [0.15, 0.2) is 36.7 Å². The van der Waals surface area contributed by atoms with Gasteiger partial charge >= 0.3 is 6.09 Å². The second kappa shape index (κ2) is 23.1. The number of nitrogens with one attached hydrogen (secondary N) is 1. The fraction of sp³-hybridized carbons (Fsp3) is 0.604. The maximum absolute atomic E-state index is 12.7. The van der Waals surface area contributed by atoms with Crippen LogP contribution in [-0.2, 0) is 52.9 Å². The molecule has 2 aliphatic carbocycles. The molecule has 0 spiro atoms. The lowest BCUT2D eigenvalue weighted by Crippen LogP contribution is -2.34. The predicted molar refractivity (Wildman–Crippen MR) is 269 cm³/mol. The van der Waals surface area contributed by atoms with Crippen LogP contribution in [0.1, 0.15) is 134 Å². The van der Waals surface area contributed by atoms with Gasteiger partial charge in [0.05, 0.1) is 13.1 Å². The van der Waals surface area contributed by atoms with Crippen molar-refractivity contribution in [2.24, 2.45) is 10.8 Å². The molecule has 14 nitrogen and oxygen atoms in total. The number of rotatable bonds is 18. The molecule has 14 heteroatoms. The zero-order valence-electron chi connectivity index (χ0n) is 42.9. The quantitative estimate of drug-likeness (QED) is 0.0944. The normalized spacial score (nSPS) is 13.3. The number of hydrogen-bond acceptors (Lipinski definition) is 13. The number of carbonyl (C=O) groups excluding carboxylic acids is 3. The number of ketones is 2. The molecule has 0 aliphatic heterocycles. The van der Waals surface area contributed by atoms with E-state index in [0.717, 1.165) is 116 Å². The number of aromatic nitrogens is 6. The lowest BCUT2D eigenvalue weighted by atomic mass is 9.90. The number of likely N-dealkylation sites (N-methyl/N-ethyl adjacent to an activating group) is 2. The number of ether oxygens (including phenoxy) is 1. The molecule has 0 atom stereocenters. The molecule has 2 aliphatic rings. The molecule has 4 aromatic heterocycles. The van der Waals surface area contributed by atoms with Crippen LogP contribution in [0.5, 0.6) is 0 Å². The van der Waals surface area contributed by atoms with Crippen LogP contribution in [0.3, 0.4) is 0 Å². The largest absolute Gasteiger partial charge is 0.444 e. The maximum Gasteiger partial charge on any atom is 0.410 e. The van der Waals surface area contributed by atoms with Crippen molar-refractivity contribution in [2.75, 3.05) is 64.2 Å². The van der Waals surface area contributed by atoms with Crippen LogP contribution in [0, 0.1) is 10.8 Å². The Morgan fingerprint density at radius 3 is 1.51 bits per heavy atom. The zero-order chi connectivity index (χ0) is 49.1. The Hall–Kier alpha value is -5.37. The summed E-state index contributed by atoms with van der Waals surface area (Å²) in [5, 5.41) is 3.19. The third kappa shape index (κ3) is 16.4. The molecule has 4 aromatic rings. The van der Waals surface area contributed by atoms with Crippen molar-refractivity contribution in [1.82, 2.24) is 40.1 Å². The molecule has 0 saturated heterocycles. The molecule has 0 aromatic carbocycles. The number of hydrogen-bond donors (Lipinski definition) is 1. The van der Waals surface area contributed by atoms with Gasteiger partial charge in [-0.3, -0.25) is 19.6 Å². The lowest BCUT2D eigenvalue weighted by molar-refractivity contribution is -0.120. The van der Waals surface area contributed by atoms with Gasteiger partial charge in [-0.1, -0.05) is 41.5 Å². The molecule has 0 saturated carbocycles. The van der Waals surface area contributed by atoms with Gasteiger partial charge in [0.1, 0.15) is 28.6 Å². The van der Waals surface area contributed by atoms with Gasteiger partial charge in [-0.05, 0) is 145 Å². The number of nitrogens with zero attached hydrogens (tertiary/aromatic N) is 9. The SMILES string of the molecule is CN(CCCc1ccnc(-c2nc3c(c(N(C)CC(=O)CC(C)(C)C)n2)CCC3)c1)C(=O)OC(C)(C)C.CNCCCc1ccnc(-c2nc3c(c(N(C)CC(=O)CC(C)(C)C)n2)CCC3)c1. The summed E-state index contributed by atoms with van der Waals surface area (Å²) in [6.07, 6.45) is 14.0. The van der Waals surface area contributed by atoms with Crippen molar-refractivity contribution >= 4 is 29.3 Å². The number of aryl methyl sites for hydroxylation is 4. The van der Waals surface area contributed by atoms with Crippen molar-refractivity contribution < 1.29 is 19.1 Å². The maximum atomic E-state index is 12.7. The molecular formula is C53H78N10O4. The van der Waals surface area contributed by atoms with E-state index in [1.807, 2.05) is 70.0 Å². The topological polar surface area (TPSA) is 160 Å². The highest BCUT2D eigenvalue weighted by molar-refractivity contribution is 5.84. The Kier molecular flexibility index (Phi) is 18.1. The lowest BCUT2D eigenvalue weighted by Gasteiger charge is -2.24. The minimum Gasteiger partial charge on any atom is -0.444 e. The van der Waals surface area contributed by atoms with Crippen LogP contribution in [0.2, 0.25) is 0 Å². The number of carbonyl (C=O) groups is 3. The monoisotopic (exact) mass is 919 g/mol. The van der Waals surface area contributed by atoms with Gasteiger partial charge in [0.2, 0.25) is 0 Å². The Bertz CT molecular complexity index is 2330. The average Bonchev–Trinajstić information content (AvgIpc) is 3.92. The Morgan fingerprint density at radius 1 is 0.642 bits per heavy atom. The first-order chi connectivity index (χ1) is 31.5. The van der Waals surface area contributed by atoms with E-state index in [1.165, 1.54) is 11.1 Å². The van der Waals surface area contributed by atoms with Gasteiger partial charge in [-0.25, -0.2) is 24.7 Å². The van der Waals surface area contributed by atoms with Gasteiger partial charge in [0.15, 0.2) is 23.2 Å². The summed E-state index contributed by atoms with van der Waals surface area (Å²) in [5.74, 6) is 3.43.